The average Bonchev–Trinajstić information content (AvgIpc) is 3.37. The van der Waals surface area contributed by atoms with Crippen LogP contribution in [0.5, 0.6) is 0 Å². The topological polar surface area (TPSA) is 94.4 Å². The summed E-state index contributed by atoms with van der Waals surface area (Å²) in [6, 6.07) is 4.36. The Kier molecular flexibility index (Phi) is 4.29. The van der Waals surface area contributed by atoms with Crippen LogP contribution in [0.2, 0.25) is 0 Å². The number of amides is 1. The molecule has 0 bridgehead atoms. The summed E-state index contributed by atoms with van der Waals surface area (Å²) >= 11 is 0. The van der Waals surface area contributed by atoms with Crippen LogP contribution in [-0.2, 0) is 16.6 Å². The van der Waals surface area contributed by atoms with Gasteiger partial charge < -0.3 is 20.4 Å². The Labute approximate surface area is 170 Å². The van der Waals surface area contributed by atoms with Gasteiger partial charge in [-0.15, -0.1) is 0 Å². The molecule has 1 aromatic carbocycles. The Morgan fingerprint density at radius 1 is 1.28 bits per heavy atom. The van der Waals surface area contributed by atoms with E-state index in [0.29, 0.717) is 6.54 Å². The lowest BCUT2D eigenvalue weighted by Gasteiger charge is -2.23. The lowest BCUT2D eigenvalue weighted by atomic mass is 9.80. The van der Waals surface area contributed by atoms with Crippen molar-refractivity contribution < 1.29 is 9.90 Å². The van der Waals surface area contributed by atoms with E-state index in [1.165, 1.54) is 5.56 Å². The molecule has 152 valence electrons. The van der Waals surface area contributed by atoms with Gasteiger partial charge in [-0.2, -0.15) is 0 Å². The number of aromatic amines is 1. The van der Waals surface area contributed by atoms with Crippen molar-refractivity contribution >= 4 is 28.1 Å². The fourth-order valence-corrected chi connectivity index (χ4v) is 5.70. The molecule has 1 spiro atoms. The molecule has 0 radical (unpaired) electrons. The molecule has 1 fully saturated rings. The Hall–Kier alpha value is -2.57. The number of anilines is 1. The highest BCUT2D eigenvalue weighted by atomic mass is 16.3. The van der Waals surface area contributed by atoms with Crippen LogP contribution in [0, 0.1) is 0 Å². The monoisotopic (exact) mass is 392 g/mol. The number of hydrazine groups is 1. The van der Waals surface area contributed by atoms with Crippen molar-refractivity contribution in [2.75, 3.05) is 18.1 Å². The van der Waals surface area contributed by atoms with Crippen LogP contribution in [0.15, 0.2) is 30.5 Å². The van der Waals surface area contributed by atoms with Gasteiger partial charge in [0.25, 0.3) is 0 Å². The van der Waals surface area contributed by atoms with E-state index in [9.17, 15) is 9.90 Å². The van der Waals surface area contributed by atoms with Crippen LogP contribution in [0.3, 0.4) is 0 Å². The number of aliphatic hydroxyl groups is 1. The SMILES string of the molecule is C=C1/C(=C\NN)CCCc2c1[nH]c1cc3c(cc21)N(CCO)C(=O)C31CCCC1. The lowest BCUT2D eigenvalue weighted by molar-refractivity contribution is -0.123. The normalized spacial score (nSPS) is 21.9. The zero-order chi connectivity index (χ0) is 20.2. The molecule has 0 atom stereocenters. The van der Waals surface area contributed by atoms with Crippen molar-refractivity contribution in [1.29, 1.82) is 0 Å². The number of aliphatic hydroxyl groups excluding tert-OH is 1. The average molecular weight is 393 g/mol. The van der Waals surface area contributed by atoms with Gasteiger partial charge in [0.05, 0.1) is 12.0 Å². The first-order chi connectivity index (χ1) is 14.1. The van der Waals surface area contributed by atoms with E-state index in [2.05, 4.69) is 29.1 Å². The minimum absolute atomic E-state index is 0.0262. The zero-order valence-corrected chi connectivity index (χ0v) is 16.7. The second-order valence-corrected chi connectivity index (χ2v) is 8.53. The first kappa shape index (κ1) is 18.5. The van der Waals surface area contributed by atoms with Crippen LogP contribution >= 0.6 is 0 Å². The summed E-state index contributed by atoms with van der Waals surface area (Å²) in [5.41, 5.74) is 9.85. The van der Waals surface area contributed by atoms with Crippen LogP contribution in [0.25, 0.3) is 16.5 Å². The summed E-state index contributed by atoms with van der Waals surface area (Å²) in [5, 5.41) is 10.7. The van der Waals surface area contributed by atoms with E-state index >= 15 is 0 Å². The summed E-state index contributed by atoms with van der Waals surface area (Å²) in [6.07, 6.45) is 8.68. The second kappa shape index (κ2) is 6.75. The van der Waals surface area contributed by atoms with E-state index < -0.39 is 5.41 Å². The van der Waals surface area contributed by atoms with Crippen molar-refractivity contribution in [2.24, 2.45) is 5.84 Å². The lowest BCUT2D eigenvalue weighted by Crippen LogP contribution is -2.39. The highest BCUT2D eigenvalue weighted by Gasteiger charge is 2.52. The van der Waals surface area contributed by atoms with Crippen LogP contribution in [-0.4, -0.2) is 29.1 Å². The largest absolute Gasteiger partial charge is 0.395 e. The number of benzene rings is 1. The number of hydrogen-bond donors (Lipinski definition) is 4. The van der Waals surface area contributed by atoms with E-state index in [4.69, 9.17) is 5.84 Å². The molecule has 1 saturated carbocycles. The number of rotatable bonds is 3. The van der Waals surface area contributed by atoms with E-state index in [1.54, 1.807) is 0 Å². The fraction of sp³-hybridized carbons (Fsp3) is 0.435. The number of β-amino-alcohol motifs (C(OH)–C–C–N with tert-alkyl or cyclic N) is 1. The van der Waals surface area contributed by atoms with Crippen molar-refractivity contribution in [3.05, 3.63) is 47.3 Å². The molecule has 29 heavy (non-hydrogen) atoms. The van der Waals surface area contributed by atoms with Gasteiger partial charge >= 0.3 is 0 Å². The summed E-state index contributed by atoms with van der Waals surface area (Å²) < 4.78 is 0. The number of fused-ring (bicyclic) bond motifs is 5. The maximum Gasteiger partial charge on any atom is 0.237 e. The number of nitrogens with zero attached hydrogens (tertiary/aromatic N) is 1. The molecule has 1 aromatic heterocycles. The van der Waals surface area contributed by atoms with Gasteiger partial charge in [-0.1, -0.05) is 19.4 Å². The number of carbonyl (C=O) groups is 1. The smallest absolute Gasteiger partial charge is 0.237 e. The van der Waals surface area contributed by atoms with Gasteiger partial charge in [0, 0.05) is 35.0 Å². The predicted octanol–water partition coefficient (Wildman–Crippen LogP) is 3.02. The van der Waals surface area contributed by atoms with Crippen molar-refractivity contribution in [1.82, 2.24) is 10.4 Å². The predicted molar refractivity (Wildman–Crippen MR) is 115 cm³/mol. The van der Waals surface area contributed by atoms with Gasteiger partial charge in [0.1, 0.15) is 0 Å². The fourth-order valence-electron chi connectivity index (χ4n) is 5.70. The minimum Gasteiger partial charge on any atom is -0.395 e. The Morgan fingerprint density at radius 2 is 2.07 bits per heavy atom. The molecule has 3 aliphatic rings. The number of nitrogens with two attached hydrogens (primary N) is 1. The summed E-state index contributed by atoms with van der Waals surface area (Å²) in [5.74, 6) is 5.69. The molecule has 1 aliphatic heterocycles. The van der Waals surface area contributed by atoms with Crippen LogP contribution < -0.4 is 16.2 Å². The molecule has 0 unspecified atom stereocenters. The molecular formula is C23H28N4O2. The number of carbonyl (C=O) groups excluding carboxylic acids is 1. The Balaban J connectivity index is 1.71. The summed E-state index contributed by atoms with van der Waals surface area (Å²) in [6.45, 7) is 4.65. The van der Waals surface area contributed by atoms with E-state index in [0.717, 1.165) is 83.9 Å². The summed E-state index contributed by atoms with van der Waals surface area (Å²) in [7, 11) is 0. The van der Waals surface area contributed by atoms with Crippen molar-refractivity contribution in [2.45, 2.75) is 50.4 Å². The van der Waals surface area contributed by atoms with Crippen LogP contribution in [0.1, 0.15) is 55.3 Å². The number of H-pyrrole nitrogens is 1. The third-order valence-corrected chi connectivity index (χ3v) is 7.08. The quantitative estimate of drug-likeness (QED) is 0.367. The molecule has 0 saturated heterocycles. The standard InChI is InChI=1S/C23H28N4O2/c1-14-15(13-25-24)5-4-6-16-17-11-20-18(12-19(17)26-21(14)16)23(7-2-3-8-23)22(29)27(20)9-10-28/h11-13,25-26,28H,1-10,24H2/b15-13-. The molecule has 6 heteroatoms. The molecule has 1 amide bonds. The van der Waals surface area contributed by atoms with Gasteiger partial charge in [0.15, 0.2) is 0 Å². The first-order valence-electron chi connectivity index (χ1n) is 10.6. The third kappa shape index (κ3) is 2.52. The zero-order valence-electron chi connectivity index (χ0n) is 16.7. The molecule has 5 rings (SSSR count). The molecule has 5 N–H and O–H groups in total. The maximum atomic E-state index is 13.4. The first-order valence-corrected chi connectivity index (χ1v) is 10.6. The summed E-state index contributed by atoms with van der Waals surface area (Å²) in [4.78, 5) is 18.8. The number of allylic oxidation sites excluding steroid dienone is 2. The number of nitrogens with one attached hydrogen (secondary N) is 2. The van der Waals surface area contributed by atoms with Gasteiger partial charge in [-0.05, 0) is 66.5 Å². The molecule has 6 nitrogen and oxygen atoms in total. The molecular weight excluding hydrogens is 364 g/mol. The highest BCUT2D eigenvalue weighted by Crippen LogP contribution is 2.53. The number of aromatic nitrogens is 1. The molecule has 2 aliphatic carbocycles. The van der Waals surface area contributed by atoms with E-state index in [1.807, 2.05) is 11.1 Å². The maximum absolute atomic E-state index is 13.4. The number of hydrogen-bond acceptors (Lipinski definition) is 4. The van der Waals surface area contributed by atoms with Crippen molar-refractivity contribution in [3.63, 3.8) is 0 Å². The Bertz CT molecular complexity index is 1040. The minimum atomic E-state index is -0.410. The molecule has 2 heterocycles. The third-order valence-electron chi connectivity index (χ3n) is 7.08. The van der Waals surface area contributed by atoms with Gasteiger partial charge in [-0.3, -0.25) is 10.6 Å². The van der Waals surface area contributed by atoms with Gasteiger partial charge in [0.2, 0.25) is 5.91 Å². The van der Waals surface area contributed by atoms with E-state index in [-0.39, 0.29) is 12.5 Å². The second-order valence-electron chi connectivity index (χ2n) is 8.53. The van der Waals surface area contributed by atoms with Crippen LogP contribution in [0.4, 0.5) is 5.69 Å². The van der Waals surface area contributed by atoms with Crippen molar-refractivity contribution in [3.8, 4) is 0 Å². The van der Waals surface area contributed by atoms with Gasteiger partial charge in [-0.25, -0.2) is 0 Å². The molecule has 2 aromatic rings. The highest BCUT2D eigenvalue weighted by molar-refractivity contribution is 6.11. The number of aryl methyl sites for hydroxylation is 1. The Morgan fingerprint density at radius 3 is 2.79 bits per heavy atom.